The van der Waals surface area contributed by atoms with Crippen molar-refractivity contribution in [3.8, 4) is 0 Å². The van der Waals surface area contributed by atoms with Crippen LogP contribution in [0.2, 0.25) is 0 Å². The lowest BCUT2D eigenvalue weighted by Crippen LogP contribution is -1.94. The first kappa shape index (κ1) is 10.7. The van der Waals surface area contributed by atoms with Gasteiger partial charge in [0.05, 0.1) is 6.21 Å². The molecule has 0 saturated carbocycles. The summed E-state index contributed by atoms with van der Waals surface area (Å²) in [5.41, 5.74) is 0.956. The van der Waals surface area contributed by atoms with E-state index in [1.54, 1.807) is 18.6 Å². The summed E-state index contributed by atoms with van der Waals surface area (Å²) in [6.45, 7) is 5.00. The second kappa shape index (κ2) is 6.13. The molecule has 3 heteroatoms. The van der Waals surface area contributed by atoms with Crippen LogP contribution in [0.3, 0.4) is 0 Å². The van der Waals surface area contributed by atoms with E-state index in [1.807, 2.05) is 12.1 Å². The maximum absolute atomic E-state index is 5.09. The first-order valence-electron chi connectivity index (χ1n) is 4.84. The summed E-state index contributed by atoms with van der Waals surface area (Å²) in [6, 6.07) is 3.80. The van der Waals surface area contributed by atoms with Crippen LogP contribution in [0.5, 0.6) is 0 Å². The van der Waals surface area contributed by atoms with Crippen LogP contribution in [0.4, 0.5) is 0 Å². The molecule has 1 aromatic rings. The van der Waals surface area contributed by atoms with Crippen molar-refractivity contribution in [3.05, 3.63) is 30.1 Å². The Bertz CT molecular complexity index is 270. The molecule has 0 spiro atoms. The molecule has 0 saturated heterocycles. The molecule has 3 nitrogen and oxygen atoms in total. The Labute approximate surface area is 84.8 Å². The van der Waals surface area contributed by atoms with Gasteiger partial charge in [-0.15, -0.1) is 0 Å². The zero-order valence-electron chi connectivity index (χ0n) is 8.68. The largest absolute Gasteiger partial charge is 0.396 e. The Morgan fingerprint density at radius 1 is 1.57 bits per heavy atom. The standard InChI is InChI=1S/C11H16N2O/c1-10(2)5-7-14-13-9-11-4-3-6-12-8-11/h3-4,6,8-10H,5,7H2,1-2H3/b13-9-. The smallest absolute Gasteiger partial charge is 0.117 e. The lowest BCUT2D eigenvalue weighted by Gasteiger charge is -2.01. The summed E-state index contributed by atoms with van der Waals surface area (Å²) in [5, 5.41) is 3.85. The van der Waals surface area contributed by atoms with Crippen molar-refractivity contribution in [1.82, 2.24) is 4.98 Å². The monoisotopic (exact) mass is 192 g/mol. The van der Waals surface area contributed by atoms with Gasteiger partial charge in [0, 0.05) is 18.0 Å². The van der Waals surface area contributed by atoms with E-state index in [9.17, 15) is 0 Å². The van der Waals surface area contributed by atoms with Crippen LogP contribution in [-0.2, 0) is 4.84 Å². The van der Waals surface area contributed by atoms with Gasteiger partial charge in [0.25, 0.3) is 0 Å². The topological polar surface area (TPSA) is 34.5 Å². The molecule has 14 heavy (non-hydrogen) atoms. The van der Waals surface area contributed by atoms with Gasteiger partial charge in [-0.2, -0.15) is 0 Å². The lowest BCUT2D eigenvalue weighted by atomic mass is 10.1. The van der Waals surface area contributed by atoms with E-state index in [0.29, 0.717) is 12.5 Å². The second-order valence-electron chi connectivity index (χ2n) is 3.54. The molecule has 0 N–H and O–H groups in total. The average Bonchev–Trinajstić information content (AvgIpc) is 2.18. The summed E-state index contributed by atoms with van der Waals surface area (Å²) in [6.07, 6.45) is 6.18. The molecule has 76 valence electrons. The number of oxime groups is 1. The minimum atomic E-state index is 0.656. The molecule has 0 fully saturated rings. The first-order chi connectivity index (χ1) is 6.79. The third kappa shape index (κ3) is 4.60. The first-order valence-corrected chi connectivity index (χ1v) is 4.84. The van der Waals surface area contributed by atoms with Crippen molar-refractivity contribution >= 4 is 6.21 Å². The Balaban J connectivity index is 2.21. The molecule has 0 radical (unpaired) electrons. The van der Waals surface area contributed by atoms with E-state index in [1.165, 1.54) is 0 Å². The molecule has 0 unspecified atom stereocenters. The lowest BCUT2D eigenvalue weighted by molar-refractivity contribution is 0.134. The third-order valence-corrected chi connectivity index (χ3v) is 1.75. The molecule has 0 aliphatic rings. The Hall–Kier alpha value is -1.38. The second-order valence-corrected chi connectivity index (χ2v) is 3.54. The zero-order valence-corrected chi connectivity index (χ0v) is 8.68. The van der Waals surface area contributed by atoms with Gasteiger partial charge >= 0.3 is 0 Å². The molecule has 1 aromatic heterocycles. The molecule has 0 aromatic carbocycles. The molecule has 0 atom stereocenters. The van der Waals surface area contributed by atoms with Crippen molar-refractivity contribution in [3.63, 3.8) is 0 Å². The van der Waals surface area contributed by atoms with Gasteiger partial charge in [-0.3, -0.25) is 4.98 Å². The SMILES string of the molecule is CC(C)CCO/N=C\c1cccnc1. The number of hydrogen-bond donors (Lipinski definition) is 0. The number of hydrogen-bond acceptors (Lipinski definition) is 3. The van der Waals surface area contributed by atoms with E-state index < -0.39 is 0 Å². The highest BCUT2D eigenvalue weighted by atomic mass is 16.6. The molecular weight excluding hydrogens is 176 g/mol. The summed E-state index contributed by atoms with van der Waals surface area (Å²) in [5.74, 6) is 0.656. The van der Waals surface area contributed by atoms with Crippen molar-refractivity contribution < 1.29 is 4.84 Å². The van der Waals surface area contributed by atoms with E-state index >= 15 is 0 Å². The quantitative estimate of drug-likeness (QED) is 0.408. The summed E-state index contributed by atoms with van der Waals surface area (Å²) >= 11 is 0. The molecule has 0 aliphatic carbocycles. The number of aromatic nitrogens is 1. The zero-order chi connectivity index (χ0) is 10.2. The van der Waals surface area contributed by atoms with Crippen LogP contribution in [0.15, 0.2) is 29.7 Å². The van der Waals surface area contributed by atoms with Gasteiger partial charge in [-0.05, 0) is 18.4 Å². The van der Waals surface area contributed by atoms with Gasteiger partial charge < -0.3 is 4.84 Å². The summed E-state index contributed by atoms with van der Waals surface area (Å²) in [4.78, 5) is 9.06. The third-order valence-electron chi connectivity index (χ3n) is 1.75. The maximum atomic E-state index is 5.09. The highest BCUT2D eigenvalue weighted by Crippen LogP contribution is 1.99. The Kier molecular flexibility index (Phi) is 4.69. The van der Waals surface area contributed by atoms with Crippen LogP contribution in [0.1, 0.15) is 25.8 Å². The van der Waals surface area contributed by atoms with E-state index in [-0.39, 0.29) is 0 Å². The highest BCUT2D eigenvalue weighted by molar-refractivity contribution is 5.78. The van der Waals surface area contributed by atoms with E-state index in [0.717, 1.165) is 12.0 Å². The maximum Gasteiger partial charge on any atom is 0.117 e. The number of pyridine rings is 1. The molecule has 0 aliphatic heterocycles. The van der Waals surface area contributed by atoms with Gasteiger partial charge in [0.1, 0.15) is 6.61 Å². The minimum absolute atomic E-state index is 0.656. The van der Waals surface area contributed by atoms with Crippen LogP contribution < -0.4 is 0 Å². The predicted molar refractivity (Wildman–Crippen MR) is 57.2 cm³/mol. The van der Waals surface area contributed by atoms with Crippen molar-refractivity contribution in [2.24, 2.45) is 11.1 Å². The summed E-state index contributed by atoms with van der Waals surface area (Å²) < 4.78 is 0. The van der Waals surface area contributed by atoms with Crippen molar-refractivity contribution in [2.45, 2.75) is 20.3 Å². The van der Waals surface area contributed by atoms with Crippen molar-refractivity contribution in [2.75, 3.05) is 6.61 Å². The molecule has 0 bridgehead atoms. The molecule has 1 heterocycles. The van der Waals surface area contributed by atoms with E-state index in [2.05, 4.69) is 24.0 Å². The predicted octanol–water partition coefficient (Wildman–Crippen LogP) is 2.48. The molecule has 1 rings (SSSR count). The summed E-state index contributed by atoms with van der Waals surface area (Å²) in [7, 11) is 0. The van der Waals surface area contributed by atoms with Gasteiger partial charge in [0.2, 0.25) is 0 Å². The Morgan fingerprint density at radius 3 is 3.07 bits per heavy atom. The number of rotatable bonds is 5. The molecule has 0 amide bonds. The van der Waals surface area contributed by atoms with Gasteiger partial charge in [0.15, 0.2) is 0 Å². The van der Waals surface area contributed by atoms with Gasteiger partial charge in [-0.25, -0.2) is 0 Å². The van der Waals surface area contributed by atoms with Crippen LogP contribution in [0.25, 0.3) is 0 Å². The average molecular weight is 192 g/mol. The Morgan fingerprint density at radius 2 is 2.43 bits per heavy atom. The van der Waals surface area contributed by atoms with E-state index in [4.69, 9.17) is 4.84 Å². The fourth-order valence-corrected chi connectivity index (χ4v) is 0.892. The van der Waals surface area contributed by atoms with Gasteiger partial charge in [-0.1, -0.05) is 25.1 Å². The highest BCUT2D eigenvalue weighted by Gasteiger charge is 1.92. The normalized spacial score (nSPS) is 11.1. The fraction of sp³-hybridized carbons (Fsp3) is 0.455. The van der Waals surface area contributed by atoms with Crippen molar-refractivity contribution in [1.29, 1.82) is 0 Å². The number of nitrogens with zero attached hydrogens (tertiary/aromatic N) is 2. The fourth-order valence-electron chi connectivity index (χ4n) is 0.892. The minimum Gasteiger partial charge on any atom is -0.396 e. The van der Waals surface area contributed by atoms with Crippen LogP contribution >= 0.6 is 0 Å². The van der Waals surface area contributed by atoms with Crippen LogP contribution in [-0.4, -0.2) is 17.8 Å². The molecular formula is C11H16N2O. The van der Waals surface area contributed by atoms with Crippen LogP contribution in [0, 0.1) is 5.92 Å².